The van der Waals surface area contributed by atoms with Crippen LogP contribution in [0, 0.1) is 0 Å². The van der Waals surface area contributed by atoms with E-state index in [0.717, 1.165) is 32.9 Å². The van der Waals surface area contributed by atoms with Crippen molar-refractivity contribution >= 4 is 123 Å². The first-order chi connectivity index (χ1) is 41.2. The molecule has 0 amide bonds. The van der Waals surface area contributed by atoms with Gasteiger partial charge >= 0.3 is 0 Å². The summed E-state index contributed by atoms with van der Waals surface area (Å²) in [5.41, 5.74) is 11.4. The van der Waals surface area contributed by atoms with Crippen LogP contribution in [0.2, 0.25) is 0 Å². The molecule has 0 spiro atoms. The second-order valence-corrected chi connectivity index (χ2v) is 29.7. The summed E-state index contributed by atoms with van der Waals surface area (Å²) in [5, 5.41) is 17.9. The standard InChI is InChI=1S/C75H48N6Si2/c1-3-25-51(26-4-1)82(67-43-17-15-41-65(67)79-61-37-11-9-33-57(61)59-35-21-45-69(82)71(59)79)53-29-19-23-49(47-53)73-76-74(78-75(77-73)81-63-39-13-7-31-55(63)56-32-8-14-40-64(56)81)50-24-20-30-54(48-50)83(52-27-5-2-6-28-52)68-44-18-16-42-66(68)80-62-38-12-10-34-58(62)60-36-22-46-70(83)72(60)80/h1-48H. The van der Waals surface area contributed by atoms with E-state index in [0.29, 0.717) is 17.6 Å². The molecule has 18 rings (SSSR count). The predicted octanol–water partition coefficient (Wildman–Crippen LogP) is 11.9. The number of rotatable bonds is 7. The van der Waals surface area contributed by atoms with Gasteiger partial charge in [-0.25, -0.2) is 4.98 Å². The van der Waals surface area contributed by atoms with Gasteiger partial charge in [0, 0.05) is 54.8 Å². The van der Waals surface area contributed by atoms with Crippen molar-refractivity contribution in [2.45, 2.75) is 0 Å². The Labute approximate surface area is 480 Å². The summed E-state index contributed by atoms with van der Waals surface area (Å²) in [5.74, 6) is 1.79. The van der Waals surface area contributed by atoms with Crippen LogP contribution in [-0.4, -0.2) is 44.8 Å². The van der Waals surface area contributed by atoms with Crippen LogP contribution in [0.15, 0.2) is 291 Å². The number of hydrogen-bond acceptors (Lipinski definition) is 3. The van der Waals surface area contributed by atoms with Gasteiger partial charge in [0.25, 0.3) is 0 Å². The molecule has 0 fully saturated rings. The maximum Gasteiger partial charge on any atom is 0.238 e. The van der Waals surface area contributed by atoms with Gasteiger partial charge in [-0.1, -0.05) is 255 Å². The van der Waals surface area contributed by atoms with E-state index in [-0.39, 0.29) is 0 Å². The highest BCUT2D eigenvalue weighted by molar-refractivity contribution is 7.22. The van der Waals surface area contributed by atoms with Crippen molar-refractivity contribution in [2.24, 2.45) is 0 Å². The topological polar surface area (TPSA) is 53.5 Å². The zero-order chi connectivity index (χ0) is 54.4. The van der Waals surface area contributed by atoms with E-state index in [2.05, 4.69) is 305 Å². The van der Waals surface area contributed by atoms with Crippen LogP contribution < -0.4 is 41.5 Å². The Morgan fingerprint density at radius 1 is 0.241 bits per heavy atom. The van der Waals surface area contributed by atoms with E-state index in [1.54, 1.807) is 0 Å². The summed E-state index contributed by atoms with van der Waals surface area (Å²) >= 11 is 0. The molecule has 0 N–H and O–H groups in total. The summed E-state index contributed by atoms with van der Waals surface area (Å²) in [6.07, 6.45) is 0. The molecule has 0 radical (unpaired) electrons. The molecule has 0 saturated heterocycles. The molecule has 0 saturated carbocycles. The molecule has 83 heavy (non-hydrogen) atoms. The van der Waals surface area contributed by atoms with Crippen LogP contribution in [0.25, 0.3) is 106 Å². The Morgan fingerprint density at radius 2 is 0.566 bits per heavy atom. The molecule has 6 heterocycles. The first-order valence-electron chi connectivity index (χ1n) is 28.5. The first-order valence-corrected chi connectivity index (χ1v) is 32.5. The maximum atomic E-state index is 5.69. The van der Waals surface area contributed by atoms with Gasteiger partial charge in [0.2, 0.25) is 5.95 Å². The summed E-state index contributed by atoms with van der Waals surface area (Å²) in [4.78, 5) is 17.0. The summed E-state index contributed by atoms with van der Waals surface area (Å²) in [7, 11) is -6.19. The lowest BCUT2D eigenvalue weighted by Crippen LogP contribution is -2.76. The van der Waals surface area contributed by atoms with Gasteiger partial charge in [0.1, 0.15) is 0 Å². The molecular formula is C75H48N6Si2. The van der Waals surface area contributed by atoms with Crippen molar-refractivity contribution in [3.8, 4) is 40.1 Å². The van der Waals surface area contributed by atoms with E-state index in [1.807, 2.05) is 0 Å². The van der Waals surface area contributed by atoms with Gasteiger partial charge in [0.15, 0.2) is 27.8 Å². The molecule has 8 heteroatoms. The average molecular weight is 1090 g/mol. The van der Waals surface area contributed by atoms with Crippen LogP contribution in [0.3, 0.4) is 0 Å². The minimum atomic E-state index is -3.10. The molecule has 0 bridgehead atoms. The number of aromatic nitrogens is 6. The highest BCUT2D eigenvalue weighted by atomic mass is 28.3. The van der Waals surface area contributed by atoms with Crippen LogP contribution >= 0.6 is 0 Å². The lowest BCUT2D eigenvalue weighted by atomic mass is 10.1. The molecule has 6 nitrogen and oxygen atoms in total. The van der Waals surface area contributed by atoms with Gasteiger partial charge in [-0.15, -0.1) is 0 Å². The number of nitrogens with zero attached hydrogens (tertiary/aromatic N) is 6. The number of hydrogen-bond donors (Lipinski definition) is 0. The smallest absolute Gasteiger partial charge is 0.238 e. The third-order valence-corrected chi connectivity index (χ3v) is 27.9. The molecule has 0 aliphatic carbocycles. The summed E-state index contributed by atoms with van der Waals surface area (Å²) < 4.78 is 7.28. The van der Waals surface area contributed by atoms with Gasteiger partial charge in [-0.3, -0.25) is 4.57 Å². The van der Waals surface area contributed by atoms with E-state index in [1.165, 1.54) is 96.5 Å². The molecule has 2 unspecified atom stereocenters. The van der Waals surface area contributed by atoms with E-state index >= 15 is 0 Å². The van der Waals surface area contributed by atoms with Crippen molar-refractivity contribution in [3.05, 3.63) is 291 Å². The lowest BCUT2D eigenvalue weighted by Gasteiger charge is -2.40. The largest absolute Gasteiger partial charge is 0.309 e. The molecule has 2 aliphatic heterocycles. The molecule has 12 aromatic carbocycles. The monoisotopic (exact) mass is 1090 g/mol. The zero-order valence-electron chi connectivity index (χ0n) is 44.9. The van der Waals surface area contributed by atoms with Gasteiger partial charge in [-0.2, -0.15) is 9.97 Å². The van der Waals surface area contributed by atoms with Crippen LogP contribution in [0.1, 0.15) is 0 Å². The van der Waals surface area contributed by atoms with E-state index in [9.17, 15) is 0 Å². The molecule has 386 valence electrons. The zero-order valence-corrected chi connectivity index (χ0v) is 46.9. The van der Waals surface area contributed by atoms with Crippen LogP contribution in [0.4, 0.5) is 0 Å². The Morgan fingerprint density at radius 3 is 1.01 bits per heavy atom. The minimum absolute atomic E-state index is 0.567. The van der Waals surface area contributed by atoms with Crippen molar-refractivity contribution in [1.29, 1.82) is 0 Å². The minimum Gasteiger partial charge on any atom is -0.309 e. The molecule has 2 atom stereocenters. The van der Waals surface area contributed by atoms with Crippen LogP contribution in [-0.2, 0) is 0 Å². The fourth-order valence-electron chi connectivity index (χ4n) is 15.0. The van der Waals surface area contributed by atoms with Gasteiger partial charge in [-0.05, 0) is 77.9 Å². The van der Waals surface area contributed by atoms with E-state index < -0.39 is 16.1 Å². The lowest BCUT2D eigenvalue weighted by molar-refractivity contribution is 0.953. The second kappa shape index (κ2) is 17.5. The predicted molar refractivity (Wildman–Crippen MR) is 348 cm³/mol. The highest BCUT2D eigenvalue weighted by Gasteiger charge is 2.49. The van der Waals surface area contributed by atoms with Gasteiger partial charge in [0.05, 0.1) is 33.1 Å². The molecule has 2 aliphatic rings. The number of benzene rings is 12. The maximum absolute atomic E-state index is 5.69. The third-order valence-electron chi connectivity index (χ3n) is 18.2. The van der Waals surface area contributed by atoms with E-state index in [4.69, 9.17) is 15.0 Å². The third kappa shape index (κ3) is 6.22. The highest BCUT2D eigenvalue weighted by Crippen LogP contribution is 2.38. The van der Waals surface area contributed by atoms with Crippen LogP contribution in [0.5, 0.6) is 0 Å². The molecular weight excluding hydrogens is 1040 g/mol. The Kier molecular flexibility index (Phi) is 9.75. The Bertz CT molecular complexity index is 5040. The second-order valence-electron chi connectivity index (χ2n) is 22.2. The average Bonchev–Trinajstić information content (AvgIpc) is 1.91. The fourth-order valence-corrected chi connectivity index (χ4v) is 25.3. The van der Waals surface area contributed by atoms with Crippen molar-refractivity contribution in [3.63, 3.8) is 0 Å². The SMILES string of the molecule is c1ccc([Si]2(c3cccc(-c4nc(-c5cccc([Si]6(c7ccccc7)c7ccccc7-n7c8ccccc8c8cccc6c87)c5)nc(-n5c6ccccc6c6ccccc65)n4)c3)c3ccccc3-n3c4ccccc4c4cccc2c43)cc1. The molecule has 16 aromatic rings. The van der Waals surface area contributed by atoms with Crippen molar-refractivity contribution < 1.29 is 0 Å². The fraction of sp³-hybridized carbons (Fsp3) is 0. The Balaban J connectivity index is 0.907. The Hall–Kier alpha value is -10.5. The normalized spacial score (nSPS) is 16.0. The van der Waals surface area contributed by atoms with Crippen molar-refractivity contribution in [1.82, 2.24) is 28.7 Å². The first kappa shape index (κ1) is 46.3. The van der Waals surface area contributed by atoms with Gasteiger partial charge < -0.3 is 9.13 Å². The quantitative estimate of drug-likeness (QED) is 0.149. The molecule has 4 aromatic heterocycles. The number of para-hydroxylation sites is 8. The van der Waals surface area contributed by atoms with Crippen molar-refractivity contribution in [2.75, 3.05) is 0 Å². The summed E-state index contributed by atoms with van der Waals surface area (Å²) in [6, 6.07) is 108. The summed E-state index contributed by atoms with van der Waals surface area (Å²) in [6.45, 7) is 0. The number of fused-ring (bicyclic) bond motifs is 13.